The number of carbonyl (C=O) groups is 1. The molecule has 0 saturated heterocycles. The SMILES string of the molecule is O=C(c1cccc([N+](=O)[O-])c1)n1nc(NCc2c(F)cccc2Cl)nc1NCc1c(F)cccc1Cl. The minimum absolute atomic E-state index is 0.0372. The molecule has 0 amide bonds. The molecule has 9 nitrogen and oxygen atoms in total. The maximum atomic E-state index is 14.2. The molecule has 13 heteroatoms. The van der Waals surface area contributed by atoms with E-state index < -0.39 is 22.5 Å². The van der Waals surface area contributed by atoms with Crippen molar-refractivity contribution in [3.05, 3.63) is 109 Å². The van der Waals surface area contributed by atoms with Crippen molar-refractivity contribution in [2.75, 3.05) is 10.6 Å². The molecule has 0 bridgehead atoms. The van der Waals surface area contributed by atoms with Gasteiger partial charge in [-0.15, -0.1) is 5.10 Å². The van der Waals surface area contributed by atoms with Crippen molar-refractivity contribution in [2.45, 2.75) is 13.1 Å². The maximum Gasteiger partial charge on any atom is 0.281 e. The molecular formula is C23H16Cl2F2N6O3. The zero-order valence-electron chi connectivity index (χ0n) is 18.2. The number of nitro groups is 1. The molecule has 1 aromatic heterocycles. The first-order chi connectivity index (χ1) is 17.2. The van der Waals surface area contributed by atoms with Gasteiger partial charge >= 0.3 is 0 Å². The number of non-ortho nitro benzene ring substituents is 1. The Hall–Kier alpha value is -4.09. The number of aromatic nitrogens is 3. The van der Waals surface area contributed by atoms with Crippen molar-refractivity contribution in [2.24, 2.45) is 0 Å². The van der Waals surface area contributed by atoms with Crippen LogP contribution in [0.2, 0.25) is 10.0 Å². The van der Waals surface area contributed by atoms with Gasteiger partial charge in [0.25, 0.3) is 11.6 Å². The van der Waals surface area contributed by atoms with E-state index in [1.807, 2.05) is 0 Å². The smallest absolute Gasteiger partial charge is 0.281 e. The quantitative estimate of drug-likeness (QED) is 0.221. The Labute approximate surface area is 212 Å². The third-order valence-corrected chi connectivity index (χ3v) is 5.78. The molecule has 0 aliphatic heterocycles. The maximum absolute atomic E-state index is 14.2. The van der Waals surface area contributed by atoms with Gasteiger partial charge in [0.2, 0.25) is 11.9 Å². The molecule has 0 saturated carbocycles. The van der Waals surface area contributed by atoms with E-state index in [2.05, 4.69) is 20.7 Å². The first-order valence-corrected chi connectivity index (χ1v) is 11.1. The summed E-state index contributed by atoms with van der Waals surface area (Å²) in [5.74, 6) is -2.04. The molecule has 0 aliphatic rings. The molecule has 36 heavy (non-hydrogen) atoms. The van der Waals surface area contributed by atoms with Gasteiger partial charge in [0.1, 0.15) is 11.6 Å². The number of carbonyl (C=O) groups excluding carboxylic acids is 1. The summed E-state index contributed by atoms with van der Waals surface area (Å²) in [6.07, 6.45) is 0. The Morgan fingerprint density at radius 3 is 2.11 bits per heavy atom. The summed E-state index contributed by atoms with van der Waals surface area (Å²) in [5, 5.41) is 21.2. The van der Waals surface area contributed by atoms with Gasteiger partial charge in [0, 0.05) is 52.0 Å². The molecule has 4 aromatic rings. The number of hydrogen-bond acceptors (Lipinski definition) is 7. The van der Waals surface area contributed by atoms with Crippen LogP contribution in [0.3, 0.4) is 0 Å². The Morgan fingerprint density at radius 1 is 0.944 bits per heavy atom. The number of benzene rings is 3. The largest absolute Gasteiger partial charge is 0.350 e. The summed E-state index contributed by atoms with van der Waals surface area (Å²) >= 11 is 12.1. The lowest BCUT2D eigenvalue weighted by Crippen LogP contribution is -2.18. The van der Waals surface area contributed by atoms with Crippen molar-refractivity contribution in [1.29, 1.82) is 0 Å². The van der Waals surface area contributed by atoms with Gasteiger partial charge in [0.15, 0.2) is 0 Å². The normalized spacial score (nSPS) is 10.8. The molecule has 4 rings (SSSR count). The lowest BCUT2D eigenvalue weighted by molar-refractivity contribution is -0.384. The summed E-state index contributed by atoms with van der Waals surface area (Å²) in [6, 6.07) is 13.5. The molecule has 2 N–H and O–H groups in total. The van der Waals surface area contributed by atoms with Crippen molar-refractivity contribution in [3.8, 4) is 0 Å². The number of nitrogens with one attached hydrogen (secondary N) is 2. The summed E-state index contributed by atoms with van der Waals surface area (Å²) in [6.45, 7) is -0.246. The molecule has 0 atom stereocenters. The fraction of sp³-hybridized carbons (Fsp3) is 0.0870. The van der Waals surface area contributed by atoms with Crippen molar-refractivity contribution < 1.29 is 18.5 Å². The Morgan fingerprint density at radius 2 is 1.53 bits per heavy atom. The number of anilines is 2. The second-order valence-electron chi connectivity index (χ2n) is 7.39. The van der Waals surface area contributed by atoms with Crippen LogP contribution in [-0.4, -0.2) is 25.6 Å². The highest BCUT2D eigenvalue weighted by Crippen LogP contribution is 2.23. The molecule has 0 unspecified atom stereocenters. The number of rotatable bonds is 8. The van der Waals surface area contributed by atoms with Crippen LogP contribution in [0.1, 0.15) is 21.5 Å². The van der Waals surface area contributed by atoms with Crippen LogP contribution in [0.15, 0.2) is 60.7 Å². The van der Waals surface area contributed by atoms with Gasteiger partial charge in [-0.2, -0.15) is 9.67 Å². The average Bonchev–Trinajstić information content (AvgIpc) is 3.26. The highest BCUT2D eigenvalue weighted by atomic mass is 35.5. The minimum atomic E-state index is -0.745. The van der Waals surface area contributed by atoms with Crippen LogP contribution in [0.5, 0.6) is 0 Å². The van der Waals surface area contributed by atoms with E-state index in [0.717, 1.165) is 10.7 Å². The number of nitro benzene ring substituents is 1. The molecule has 3 aromatic carbocycles. The zero-order valence-corrected chi connectivity index (χ0v) is 19.7. The van der Waals surface area contributed by atoms with E-state index in [1.165, 1.54) is 54.6 Å². The van der Waals surface area contributed by atoms with Crippen LogP contribution >= 0.6 is 23.2 Å². The zero-order chi connectivity index (χ0) is 25.8. The fourth-order valence-electron chi connectivity index (χ4n) is 3.26. The second kappa shape index (κ2) is 10.7. The minimum Gasteiger partial charge on any atom is -0.350 e. The van der Waals surface area contributed by atoms with E-state index in [4.69, 9.17) is 23.2 Å². The van der Waals surface area contributed by atoms with Gasteiger partial charge in [0.05, 0.1) is 4.92 Å². The van der Waals surface area contributed by atoms with Crippen LogP contribution in [0, 0.1) is 21.7 Å². The van der Waals surface area contributed by atoms with Crippen molar-refractivity contribution >= 4 is 46.7 Å². The van der Waals surface area contributed by atoms with Gasteiger partial charge in [-0.05, 0) is 30.3 Å². The monoisotopic (exact) mass is 532 g/mol. The van der Waals surface area contributed by atoms with E-state index in [-0.39, 0.29) is 57.4 Å². The summed E-state index contributed by atoms with van der Waals surface area (Å²) in [4.78, 5) is 27.9. The van der Waals surface area contributed by atoms with E-state index in [0.29, 0.717) is 0 Å². The first-order valence-electron chi connectivity index (χ1n) is 10.3. The predicted molar refractivity (Wildman–Crippen MR) is 130 cm³/mol. The number of halogens is 4. The lowest BCUT2D eigenvalue weighted by Gasteiger charge is -2.09. The van der Waals surface area contributed by atoms with Crippen molar-refractivity contribution in [1.82, 2.24) is 14.8 Å². The van der Waals surface area contributed by atoms with Gasteiger partial charge in [-0.25, -0.2) is 8.78 Å². The molecule has 184 valence electrons. The molecule has 1 heterocycles. The number of hydrogen-bond donors (Lipinski definition) is 2. The number of nitrogens with zero attached hydrogens (tertiary/aromatic N) is 4. The third kappa shape index (κ3) is 5.42. The Balaban J connectivity index is 1.66. The van der Waals surface area contributed by atoms with Crippen LogP contribution < -0.4 is 10.6 Å². The van der Waals surface area contributed by atoms with Crippen LogP contribution in [0.25, 0.3) is 0 Å². The van der Waals surface area contributed by atoms with Crippen molar-refractivity contribution in [3.63, 3.8) is 0 Å². The second-order valence-corrected chi connectivity index (χ2v) is 8.21. The van der Waals surface area contributed by atoms with Gasteiger partial charge in [-0.3, -0.25) is 14.9 Å². The lowest BCUT2D eigenvalue weighted by atomic mass is 10.2. The predicted octanol–water partition coefficient (Wildman–Crippen LogP) is 5.68. The third-order valence-electron chi connectivity index (χ3n) is 5.07. The summed E-state index contributed by atoms with van der Waals surface area (Å²) < 4.78 is 29.2. The van der Waals surface area contributed by atoms with Gasteiger partial charge in [-0.1, -0.05) is 41.4 Å². The molecule has 0 radical (unpaired) electrons. The molecule has 0 aliphatic carbocycles. The topological polar surface area (TPSA) is 115 Å². The van der Waals surface area contributed by atoms with Crippen LogP contribution in [0.4, 0.5) is 26.4 Å². The van der Waals surface area contributed by atoms with Gasteiger partial charge < -0.3 is 10.6 Å². The molecule has 0 fully saturated rings. The van der Waals surface area contributed by atoms with Crippen LogP contribution in [-0.2, 0) is 13.1 Å². The van der Waals surface area contributed by atoms with E-state index in [1.54, 1.807) is 0 Å². The molecular weight excluding hydrogens is 517 g/mol. The van der Waals surface area contributed by atoms with E-state index in [9.17, 15) is 23.7 Å². The summed E-state index contributed by atoms with van der Waals surface area (Å²) in [7, 11) is 0. The standard InChI is InChI=1S/C23H16Cl2F2N6O3/c24-17-6-2-8-19(26)15(17)11-28-22-30-23(29-12-16-18(25)7-3-9-20(16)27)32(31-22)21(34)13-4-1-5-14(10-13)33(35)36/h1-10H,11-12H2,(H2,28,29,30,31). The average molecular weight is 533 g/mol. The fourth-order valence-corrected chi connectivity index (χ4v) is 3.71. The Kier molecular flexibility index (Phi) is 7.41. The molecule has 0 spiro atoms. The first kappa shape index (κ1) is 25.0. The Bertz CT molecular complexity index is 1420. The summed E-state index contributed by atoms with van der Waals surface area (Å²) in [5.41, 5.74) is -0.0386. The highest BCUT2D eigenvalue weighted by Gasteiger charge is 2.21. The van der Waals surface area contributed by atoms with E-state index >= 15 is 0 Å². The highest BCUT2D eigenvalue weighted by molar-refractivity contribution is 6.31.